The summed E-state index contributed by atoms with van der Waals surface area (Å²) in [5, 5.41) is 10.9. The first-order valence-electron chi connectivity index (χ1n) is 6.40. The molecule has 0 atom stereocenters. The van der Waals surface area contributed by atoms with Gasteiger partial charge in [-0.05, 0) is 26.8 Å². The number of hydrogen-bond acceptors (Lipinski definition) is 6. The summed E-state index contributed by atoms with van der Waals surface area (Å²) in [6.45, 7) is 5.06. The van der Waals surface area contributed by atoms with Crippen LogP contribution in [-0.4, -0.2) is 36.7 Å². The Kier molecular flexibility index (Phi) is 5.08. The number of rotatable bonds is 3. The average molecular weight is 310 g/mol. The molecule has 0 aromatic heterocycles. The normalized spacial score (nSPS) is 10.8. The summed E-state index contributed by atoms with van der Waals surface area (Å²) in [6.07, 6.45) is -0.738. The largest absolute Gasteiger partial charge is 0.465 e. The lowest BCUT2D eigenvalue weighted by atomic mass is 10.1. The van der Waals surface area contributed by atoms with E-state index in [0.717, 1.165) is 11.0 Å². The van der Waals surface area contributed by atoms with Gasteiger partial charge in [0.05, 0.1) is 23.3 Å². The van der Waals surface area contributed by atoms with Gasteiger partial charge in [-0.2, -0.15) is 0 Å². The number of ether oxygens (including phenoxy) is 2. The van der Waals surface area contributed by atoms with Crippen LogP contribution in [0.25, 0.3) is 0 Å². The van der Waals surface area contributed by atoms with Crippen LogP contribution in [0.5, 0.6) is 0 Å². The molecule has 0 aliphatic heterocycles. The number of nitrogens with zero attached hydrogens (tertiary/aromatic N) is 2. The van der Waals surface area contributed by atoms with Crippen molar-refractivity contribution in [2.24, 2.45) is 0 Å². The summed E-state index contributed by atoms with van der Waals surface area (Å²) in [6, 6.07) is 3.52. The molecule has 1 rings (SSSR count). The molecule has 0 saturated carbocycles. The Hall–Kier alpha value is -2.64. The van der Waals surface area contributed by atoms with Crippen molar-refractivity contribution in [3.05, 3.63) is 33.9 Å². The third-order valence-corrected chi connectivity index (χ3v) is 2.63. The molecule has 1 amide bonds. The summed E-state index contributed by atoms with van der Waals surface area (Å²) in [4.78, 5) is 35.1. The highest BCUT2D eigenvalue weighted by Gasteiger charge is 2.26. The summed E-state index contributed by atoms with van der Waals surface area (Å²) in [7, 11) is 2.54. The maximum Gasteiger partial charge on any atom is 0.414 e. The number of carbonyl (C=O) groups excluding carboxylic acids is 2. The number of carbonyl (C=O) groups is 2. The van der Waals surface area contributed by atoms with Crippen LogP contribution in [0, 0.1) is 10.1 Å². The van der Waals surface area contributed by atoms with E-state index in [-0.39, 0.29) is 16.9 Å². The van der Waals surface area contributed by atoms with Gasteiger partial charge in [-0.3, -0.25) is 15.0 Å². The van der Waals surface area contributed by atoms with E-state index in [0.29, 0.717) is 0 Å². The summed E-state index contributed by atoms with van der Waals surface area (Å²) in [5.74, 6) is -0.708. The van der Waals surface area contributed by atoms with Crippen LogP contribution in [0.1, 0.15) is 31.1 Å². The molecule has 22 heavy (non-hydrogen) atoms. The molecule has 0 saturated heterocycles. The lowest BCUT2D eigenvalue weighted by Crippen LogP contribution is -2.35. The molecule has 1 aromatic rings. The van der Waals surface area contributed by atoms with Gasteiger partial charge in [-0.25, -0.2) is 9.59 Å². The second kappa shape index (κ2) is 6.42. The standard InChI is InChI=1S/C14H18N2O6/c1-14(2,3)22-13(18)15(4)11-8-9(16(19)20)6-7-10(11)12(17)21-5/h6-8H,1-5H3. The minimum absolute atomic E-state index is 0.0291. The Morgan fingerprint density at radius 2 is 1.86 bits per heavy atom. The van der Waals surface area contributed by atoms with Crippen molar-refractivity contribution in [1.29, 1.82) is 0 Å². The van der Waals surface area contributed by atoms with Crippen LogP contribution in [0.15, 0.2) is 18.2 Å². The fraction of sp³-hybridized carbons (Fsp3) is 0.429. The first-order valence-corrected chi connectivity index (χ1v) is 6.40. The summed E-state index contributed by atoms with van der Waals surface area (Å²) in [5.41, 5.74) is -0.924. The van der Waals surface area contributed by atoms with E-state index < -0.39 is 22.6 Å². The molecule has 8 nitrogen and oxygen atoms in total. The zero-order valence-corrected chi connectivity index (χ0v) is 13.1. The molecule has 0 aliphatic rings. The van der Waals surface area contributed by atoms with Gasteiger partial charge in [0, 0.05) is 19.2 Å². The highest BCUT2D eigenvalue weighted by molar-refractivity contribution is 6.01. The molecule has 0 heterocycles. The van der Waals surface area contributed by atoms with Crippen molar-refractivity contribution >= 4 is 23.4 Å². The Morgan fingerprint density at radius 3 is 2.32 bits per heavy atom. The van der Waals surface area contributed by atoms with Crippen LogP contribution in [0.4, 0.5) is 16.2 Å². The number of anilines is 1. The van der Waals surface area contributed by atoms with Gasteiger partial charge >= 0.3 is 12.1 Å². The van der Waals surface area contributed by atoms with Crippen molar-refractivity contribution in [2.75, 3.05) is 19.1 Å². The minimum Gasteiger partial charge on any atom is -0.465 e. The quantitative estimate of drug-likeness (QED) is 0.483. The van der Waals surface area contributed by atoms with Gasteiger partial charge < -0.3 is 9.47 Å². The lowest BCUT2D eigenvalue weighted by Gasteiger charge is -2.25. The number of amides is 1. The molecular formula is C14H18N2O6. The molecule has 0 N–H and O–H groups in total. The smallest absolute Gasteiger partial charge is 0.414 e. The van der Waals surface area contributed by atoms with E-state index in [2.05, 4.69) is 4.74 Å². The van der Waals surface area contributed by atoms with Crippen LogP contribution >= 0.6 is 0 Å². The third-order valence-electron chi connectivity index (χ3n) is 2.63. The molecule has 8 heteroatoms. The van der Waals surface area contributed by atoms with E-state index in [1.165, 1.54) is 26.3 Å². The van der Waals surface area contributed by atoms with E-state index in [1.54, 1.807) is 20.8 Å². The monoisotopic (exact) mass is 310 g/mol. The topological polar surface area (TPSA) is 99.0 Å². The van der Waals surface area contributed by atoms with Crippen molar-refractivity contribution in [1.82, 2.24) is 0 Å². The van der Waals surface area contributed by atoms with Gasteiger partial charge in [-0.1, -0.05) is 0 Å². The van der Waals surface area contributed by atoms with Crippen LogP contribution in [-0.2, 0) is 9.47 Å². The SMILES string of the molecule is COC(=O)c1ccc([N+](=O)[O-])cc1N(C)C(=O)OC(C)(C)C. The lowest BCUT2D eigenvalue weighted by molar-refractivity contribution is -0.384. The van der Waals surface area contributed by atoms with Gasteiger partial charge in [0.25, 0.3) is 5.69 Å². The number of nitro benzene ring substituents is 1. The summed E-state index contributed by atoms with van der Waals surface area (Å²) < 4.78 is 9.81. The van der Waals surface area contributed by atoms with Gasteiger partial charge in [-0.15, -0.1) is 0 Å². The molecule has 0 bridgehead atoms. The van der Waals surface area contributed by atoms with E-state index in [1.807, 2.05) is 0 Å². The number of esters is 1. The first-order chi connectivity index (χ1) is 10.1. The van der Waals surface area contributed by atoms with Gasteiger partial charge in [0.15, 0.2) is 0 Å². The fourth-order valence-corrected chi connectivity index (χ4v) is 1.62. The number of non-ortho nitro benzene ring substituents is 1. The molecule has 1 aromatic carbocycles. The van der Waals surface area contributed by atoms with Gasteiger partial charge in [0.2, 0.25) is 0 Å². The zero-order chi connectivity index (χ0) is 17.1. The molecule has 0 aliphatic carbocycles. The van der Waals surface area contributed by atoms with Gasteiger partial charge in [0.1, 0.15) is 5.60 Å². The predicted octanol–water partition coefficient (Wildman–Crippen LogP) is 2.75. The third kappa shape index (κ3) is 4.18. The van der Waals surface area contributed by atoms with E-state index in [4.69, 9.17) is 4.74 Å². The first kappa shape index (κ1) is 17.4. The number of methoxy groups -OCH3 is 1. The van der Waals surface area contributed by atoms with Crippen molar-refractivity contribution < 1.29 is 24.0 Å². The Bertz CT molecular complexity index is 606. The second-order valence-electron chi connectivity index (χ2n) is 5.49. The molecule has 0 radical (unpaired) electrons. The van der Waals surface area contributed by atoms with Crippen molar-refractivity contribution in [2.45, 2.75) is 26.4 Å². The van der Waals surface area contributed by atoms with Crippen LogP contribution < -0.4 is 4.90 Å². The molecule has 120 valence electrons. The van der Waals surface area contributed by atoms with Crippen LogP contribution in [0.2, 0.25) is 0 Å². The highest BCUT2D eigenvalue weighted by Crippen LogP contribution is 2.27. The number of hydrogen-bond donors (Lipinski definition) is 0. The number of nitro groups is 1. The Labute approximate surface area is 127 Å². The Morgan fingerprint density at radius 1 is 1.27 bits per heavy atom. The Balaban J connectivity index is 3.29. The average Bonchev–Trinajstić information content (AvgIpc) is 2.43. The molecular weight excluding hydrogens is 292 g/mol. The molecule has 0 unspecified atom stereocenters. The predicted molar refractivity (Wildman–Crippen MR) is 79.1 cm³/mol. The fourth-order valence-electron chi connectivity index (χ4n) is 1.62. The van der Waals surface area contributed by atoms with E-state index in [9.17, 15) is 19.7 Å². The number of benzene rings is 1. The second-order valence-corrected chi connectivity index (χ2v) is 5.49. The zero-order valence-electron chi connectivity index (χ0n) is 13.1. The maximum atomic E-state index is 12.1. The molecule has 0 fully saturated rings. The van der Waals surface area contributed by atoms with E-state index >= 15 is 0 Å². The minimum atomic E-state index is -0.739. The molecule has 0 spiro atoms. The maximum absolute atomic E-state index is 12.1. The van der Waals surface area contributed by atoms with Crippen LogP contribution in [0.3, 0.4) is 0 Å². The van der Waals surface area contributed by atoms with Crippen molar-refractivity contribution in [3.63, 3.8) is 0 Å². The van der Waals surface area contributed by atoms with Crippen molar-refractivity contribution in [3.8, 4) is 0 Å². The summed E-state index contributed by atoms with van der Waals surface area (Å²) >= 11 is 0. The highest BCUT2D eigenvalue weighted by atomic mass is 16.6.